The standard InChI is InChI=1S/C19H19FN6O3/c1-28-18-11(8-22-19(24-18)29-2)13-12(20)7-6-10-14(21)16(26-25-15(10)13)17(27)23-9-4-3-5-9/h6-9H,3-5H2,1-2H3,(H2,21,25)(H,23,27). The minimum atomic E-state index is -0.579. The maximum atomic E-state index is 14.8. The van der Waals surface area contributed by atoms with Gasteiger partial charge in [-0.1, -0.05) is 0 Å². The first-order chi connectivity index (χ1) is 14.0. The molecule has 4 rings (SSSR count). The Hall–Kier alpha value is -3.56. The molecule has 1 saturated carbocycles. The van der Waals surface area contributed by atoms with Crippen LogP contribution in [0.25, 0.3) is 22.0 Å². The van der Waals surface area contributed by atoms with Crippen molar-refractivity contribution in [1.82, 2.24) is 25.5 Å². The summed E-state index contributed by atoms with van der Waals surface area (Å²) in [5, 5.41) is 11.3. The summed E-state index contributed by atoms with van der Waals surface area (Å²) in [7, 11) is 2.81. The highest BCUT2D eigenvalue weighted by molar-refractivity contribution is 6.07. The number of nitrogens with two attached hydrogens (primary N) is 1. The van der Waals surface area contributed by atoms with Crippen LogP contribution in [0.4, 0.5) is 10.1 Å². The average Bonchev–Trinajstić information content (AvgIpc) is 2.70. The Labute approximate surface area is 165 Å². The number of carbonyl (C=O) groups is 1. The van der Waals surface area contributed by atoms with E-state index in [1.807, 2.05) is 0 Å². The molecule has 1 amide bonds. The van der Waals surface area contributed by atoms with Crippen molar-refractivity contribution in [2.45, 2.75) is 25.3 Å². The predicted octanol–water partition coefficient (Wildman–Crippen LogP) is 2.11. The van der Waals surface area contributed by atoms with Gasteiger partial charge in [-0.15, -0.1) is 10.2 Å². The van der Waals surface area contributed by atoms with Gasteiger partial charge in [0.2, 0.25) is 5.88 Å². The van der Waals surface area contributed by atoms with E-state index >= 15 is 0 Å². The summed E-state index contributed by atoms with van der Waals surface area (Å²) in [5.41, 5.74) is 6.85. The van der Waals surface area contributed by atoms with Crippen molar-refractivity contribution in [2.24, 2.45) is 0 Å². The van der Waals surface area contributed by atoms with Gasteiger partial charge in [0.25, 0.3) is 5.91 Å². The third kappa shape index (κ3) is 3.26. The van der Waals surface area contributed by atoms with E-state index in [0.717, 1.165) is 19.3 Å². The monoisotopic (exact) mass is 398 g/mol. The first kappa shape index (κ1) is 18.8. The molecular formula is C19H19FN6O3. The van der Waals surface area contributed by atoms with Crippen molar-refractivity contribution < 1.29 is 18.7 Å². The summed E-state index contributed by atoms with van der Waals surface area (Å²) >= 11 is 0. The fraction of sp³-hybridized carbons (Fsp3) is 0.316. The number of anilines is 1. The number of nitrogens with one attached hydrogen (secondary N) is 1. The van der Waals surface area contributed by atoms with Crippen LogP contribution in [0.5, 0.6) is 11.9 Å². The number of halogens is 1. The molecule has 10 heteroatoms. The first-order valence-corrected chi connectivity index (χ1v) is 9.04. The Bertz CT molecular complexity index is 1100. The molecule has 3 aromatic rings. The molecule has 1 aliphatic rings. The van der Waals surface area contributed by atoms with Crippen molar-refractivity contribution in [1.29, 1.82) is 0 Å². The van der Waals surface area contributed by atoms with E-state index in [1.165, 1.54) is 32.5 Å². The minimum absolute atomic E-state index is 0.0138. The van der Waals surface area contributed by atoms with Crippen molar-refractivity contribution >= 4 is 22.5 Å². The van der Waals surface area contributed by atoms with E-state index in [2.05, 4.69) is 25.5 Å². The van der Waals surface area contributed by atoms with Gasteiger partial charge in [-0.25, -0.2) is 9.37 Å². The maximum Gasteiger partial charge on any atom is 0.319 e. The Morgan fingerprint density at radius 3 is 2.69 bits per heavy atom. The number of benzene rings is 1. The van der Waals surface area contributed by atoms with Crippen LogP contribution in [-0.4, -0.2) is 46.3 Å². The fourth-order valence-electron chi connectivity index (χ4n) is 3.18. The van der Waals surface area contributed by atoms with Crippen LogP contribution in [0.2, 0.25) is 0 Å². The largest absolute Gasteiger partial charge is 0.480 e. The van der Waals surface area contributed by atoms with Gasteiger partial charge in [0.1, 0.15) is 11.3 Å². The molecule has 0 bridgehead atoms. The molecule has 1 fully saturated rings. The predicted molar refractivity (Wildman–Crippen MR) is 103 cm³/mol. The van der Waals surface area contributed by atoms with Crippen LogP contribution >= 0.6 is 0 Å². The average molecular weight is 398 g/mol. The molecule has 0 aliphatic heterocycles. The molecule has 0 atom stereocenters. The molecule has 1 aliphatic carbocycles. The molecule has 0 saturated heterocycles. The van der Waals surface area contributed by atoms with Crippen LogP contribution < -0.4 is 20.5 Å². The number of amides is 1. The zero-order chi connectivity index (χ0) is 20.5. The molecule has 1 aromatic carbocycles. The maximum absolute atomic E-state index is 14.8. The van der Waals surface area contributed by atoms with Crippen molar-refractivity contribution in [3.8, 4) is 23.0 Å². The molecule has 9 nitrogen and oxygen atoms in total. The molecule has 2 heterocycles. The number of hydrogen-bond acceptors (Lipinski definition) is 8. The number of nitrogens with zero attached hydrogens (tertiary/aromatic N) is 4. The molecule has 150 valence electrons. The Morgan fingerprint density at radius 2 is 2.03 bits per heavy atom. The van der Waals surface area contributed by atoms with Gasteiger partial charge in [-0.2, -0.15) is 4.98 Å². The van der Waals surface area contributed by atoms with E-state index in [4.69, 9.17) is 15.2 Å². The molecule has 2 aromatic heterocycles. The number of ether oxygens (including phenoxy) is 2. The quantitative estimate of drug-likeness (QED) is 0.669. The van der Waals surface area contributed by atoms with E-state index in [0.29, 0.717) is 5.39 Å². The van der Waals surface area contributed by atoms with Crippen LogP contribution in [0.15, 0.2) is 18.3 Å². The van der Waals surface area contributed by atoms with Gasteiger partial charge >= 0.3 is 6.01 Å². The lowest BCUT2D eigenvalue weighted by Gasteiger charge is -2.26. The van der Waals surface area contributed by atoms with Crippen LogP contribution in [0, 0.1) is 5.82 Å². The van der Waals surface area contributed by atoms with Gasteiger partial charge in [0.15, 0.2) is 5.69 Å². The number of aromatic nitrogens is 4. The summed E-state index contributed by atoms with van der Waals surface area (Å²) in [6.45, 7) is 0. The number of carbonyl (C=O) groups excluding carboxylic acids is 1. The van der Waals surface area contributed by atoms with Crippen LogP contribution in [0.3, 0.4) is 0 Å². The number of hydrogen-bond donors (Lipinski definition) is 2. The normalized spacial score (nSPS) is 13.8. The summed E-state index contributed by atoms with van der Waals surface area (Å²) < 4.78 is 25.0. The van der Waals surface area contributed by atoms with Gasteiger partial charge in [-0.05, 0) is 31.4 Å². The second kappa shape index (κ2) is 7.46. The SMILES string of the molecule is COc1ncc(-c2c(F)ccc3c(N)c(C(=O)NC4CCC4)nnc23)c(OC)n1. The summed E-state index contributed by atoms with van der Waals surface area (Å²) in [4.78, 5) is 20.6. The van der Waals surface area contributed by atoms with Crippen molar-refractivity contribution in [3.05, 3.63) is 29.8 Å². The Kier molecular flexibility index (Phi) is 4.83. The summed E-state index contributed by atoms with van der Waals surface area (Å²) in [5.74, 6) is -0.863. The molecule has 3 N–H and O–H groups in total. The molecule has 0 unspecified atom stereocenters. The van der Waals surface area contributed by atoms with Gasteiger partial charge in [0, 0.05) is 17.6 Å². The lowest BCUT2D eigenvalue weighted by molar-refractivity contribution is 0.0912. The second-order valence-electron chi connectivity index (χ2n) is 6.66. The zero-order valence-corrected chi connectivity index (χ0v) is 15.9. The number of fused-ring (bicyclic) bond motifs is 1. The van der Waals surface area contributed by atoms with E-state index in [-0.39, 0.29) is 46.0 Å². The Morgan fingerprint density at radius 1 is 1.24 bits per heavy atom. The lowest BCUT2D eigenvalue weighted by atomic mass is 9.93. The second-order valence-corrected chi connectivity index (χ2v) is 6.66. The van der Waals surface area contributed by atoms with Gasteiger partial charge in [-0.3, -0.25) is 4.79 Å². The van der Waals surface area contributed by atoms with E-state index in [1.54, 1.807) is 0 Å². The number of methoxy groups -OCH3 is 2. The molecular weight excluding hydrogens is 379 g/mol. The minimum Gasteiger partial charge on any atom is -0.480 e. The zero-order valence-electron chi connectivity index (χ0n) is 15.9. The third-order valence-corrected chi connectivity index (χ3v) is 4.95. The highest BCUT2D eigenvalue weighted by atomic mass is 19.1. The fourth-order valence-corrected chi connectivity index (χ4v) is 3.18. The van der Waals surface area contributed by atoms with Crippen LogP contribution in [0.1, 0.15) is 29.8 Å². The van der Waals surface area contributed by atoms with Crippen LogP contribution in [-0.2, 0) is 0 Å². The van der Waals surface area contributed by atoms with Gasteiger partial charge < -0.3 is 20.5 Å². The summed E-state index contributed by atoms with van der Waals surface area (Å²) in [6.07, 6.45) is 4.31. The topological polar surface area (TPSA) is 125 Å². The Balaban J connectivity index is 1.84. The molecule has 29 heavy (non-hydrogen) atoms. The van der Waals surface area contributed by atoms with E-state index < -0.39 is 11.7 Å². The lowest BCUT2D eigenvalue weighted by Crippen LogP contribution is -2.40. The molecule has 0 radical (unpaired) electrons. The first-order valence-electron chi connectivity index (χ1n) is 9.04. The van der Waals surface area contributed by atoms with E-state index in [9.17, 15) is 9.18 Å². The summed E-state index contributed by atoms with van der Waals surface area (Å²) in [6, 6.07) is 2.91. The number of nitrogen functional groups attached to an aromatic ring is 1. The van der Waals surface area contributed by atoms with Crippen molar-refractivity contribution in [3.63, 3.8) is 0 Å². The highest BCUT2D eigenvalue weighted by Crippen LogP contribution is 2.37. The van der Waals surface area contributed by atoms with Crippen molar-refractivity contribution in [2.75, 3.05) is 20.0 Å². The highest BCUT2D eigenvalue weighted by Gasteiger charge is 2.25. The smallest absolute Gasteiger partial charge is 0.319 e. The third-order valence-electron chi connectivity index (χ3n) is 4.95. The molecule has 0 spiro atoms. The van der Waals surface area contributed by atoms with Gasteiger partial charge in [0.05, 0.1) is 31.0 Å². The number of rotatable bonds is 5.